The smallest absolute Gasteiger partial charge is 0.255 e. The lowest BCUT2D eigenvalue weighted by molar-refractivity contribution is -0.118. The molecule has 0 bridgehead atoms. The van der Waals surface area contributed by atoms with E-state index in [4.69, 9.17) is 14.2 Å². The first kappa shape index (κ1) is 22.1. The summed E-state index contributed by atoms with van der Waals surface area (Å²) in [5, 5.41) is 5.63. The molecule has 0 saturated carbocycles. The molecule has 0 aliphatic carbocycles. The molecule has 156 valence electrons. The maximum absolute atomic E-state index is 12.9. The van der Waals surface area contributed by atoms with E-state index in [0.29, 0.717) is 35.1 Å². The van der Waals surface area contributed by atoms with Gasteiger partial charge in [0, 0.05) is 11.8 Å². The molecule has 2 aromatic carbocycles. The average molecular weight is 400 g/mol. The zero-order valence-electron chi connectivity index (χ0n) is 17.4. The molecule has 29 heavy (non-hydrogen) atoms. The molecule has 0 aliphatic rings. The molecule has 7 heteroatoms. The van der Waals surface area contributed by atoms with Crippen LogP contribution in [0.4, 0.5) is 5.69 Å². The number of ether oxygens (including phenoxy) is 3. The van der Waals surface area contributed by atoms with Gasteiger partial charge >= 0.3 is 0 Å². The number of hydrogen-bond acceptors (Lipinski definition) is 5. The molecule has 0 saturated heterocycles. The van der Waals surface area contributed by atoms with Gasteiger partial charge in [-0.25, -0.2) is 0 Å². The first-order valence-corrected chi connectivity index (χ1v) is 9.46. The predicted octanol–water partition coefficient (Wildman–Crippen LogP) is 3.50. The van der Waals surface area contributed by atoms with E-state index in [9.17, 15) is 9.59 Å². The van der Waals surface area contributed by atoms with Crippen LogP contribution in [0.15, 0.2) is 42.5 Å². The Morgan fingerprint density at radius 3 is 2.28 bits per heavy atom. The molecule has 0 aromatic heterocycles. The minimum atomic E-state index is -0.732. The van der Waals surface area contributed by atoms with Crippen LogP contribution >= 0.6 is 0 Å². The van der Waals surface area contributed by atoms with Crippen LogP contribution in [0.5, 0.6) is 17.2 Å². The topological polar surface area (TPSA) is 85.9 Å². The van der Waals surface area contributed by atoms with Crippen LogP contribution in [0.25, 0.3) is 0 Å². The summed E-state index contributed by atoms with van der Waals surface area (Å²) in [7, 11) is 3.03. The van der Waals surface area contributed by atoms with E-state index in [1.54, 1.807) is 42.5 Å². The van der Waals surface area contributed by atoms with Crippen LogP contribution in [-0.4, -0.2) is 38.7 Å². The van der Waals surface area contributed by atoms with Gasteiger partial charge in [-0.1, -0.05) is 26.0 Å². The Morgan fingerprint density at radius 2 is 1.66 bits per heavy atom. The highest BCUT2D eigenvalue weighted by atomic mass is 16.5. The van der Waals surface area contributed by atoms with E-state index in [0.717, 1.165) is 0 Å². The van der Waals surface area contributed by atoms with Gasteiger partial charge in [-0.05, 0) is 37.1 Å². The Morgan fingerprint density at radius 1 is 0.966 bits per heavy atom. The zero-order chi connectivity index (χ0) is 21.4. The molecule has 0 spiro atoms. The van der Waals surface area contributed by atoms with Gasteiger partial charge in [0.15, 0.2) is 11.5 Å². The number of amides is 2. The summed E-state index contributed by atoms with van der Waals surface area (Å²) in [6.07, 6.45) is 0. The lowest BCUT2D eigenvalue weighted by Crippen LogP contribution is -2.47. The highest BCUT2D eigenvalue weighted by Crippen LogP contribution is 2.30. The zero-order valence-corrected chi connectivity index (χ0v) is 17.4. The SMILES string of the molecule is CCOc1ccc(NC(=O)[C@@H](NC(=O)c2ccccc2OC)C(C)C)cc1OC. The number of methoxy groups -OCH3 is 2. The summed E-state index contributed by atoms with van der Waals surface area (Å²) in [6.45, 7) is 6.12. The number of rotatable bonds is 9. The summed E-state index contributed by atoms with van der Waals surface area (Å²) in [5.74, 6) is 0.735. The van der Waals surface area contributed by atoms with E-state index < -0.39 is 6.04 Å². The van der Waals surface area contributed by atoms with Gasteiger partial charge in [0.05, 0.1) is 26.4 Å². The van der Waals surface area contributed by atoms with Gasteiger partial charge in [-0.2, -0.15) is 0 Å². The highest BCUT2D eigenvalue weighted by molar-refractivity contribution is 6.02. The number of anilines is 1. The number of carbonyl (C=O) groups is 2. The standard InChI is InChI=1S/C22H28N2O5/c1-6-29-18-12-11-15(13-19(18)28-5)23-22(26)20(14(2)3)24-21(25)16-9-7-8-10-17(16)27-4/h7-14,20H,6H2,1-5H3,(H,23,26)(H,24,25)/t20-/m0/s1. The van der Waals surface area contributed by atoms with Crippen LogP contribution in [-0.2, 0) is 4.79 Å². The maximum atomic E-state index is 12.9. The first-order valence-electron chi connectivity index (χ1n) is 9.46. The summed E-state index contributed by atoms with van der Waals surface area (Å²) in [4.78, 5) is 25.6. The maximum Gasteiger partial charge on any atom is 0.255 e. The van der Waals surface area contributed by atoms with Crippen LogP contribution in [0.1, 0.15) is 31.1 Å². The van der Waals surface area contributed by atoms with Gasteiger partial charge in [-0.3, -0.25) is 9.59 Å². The summed E-state index contributed by atoms with van der Waals surface area (Å²) in [6, 6.07) is 11.3. The van der Waals surface area contributed by atoms with Crippen molar-refractivity contribution in [1.82, 2.24) is 5.32 Å². The van der Waals surface area contributed by atoms with Crippen molar-refractivity contribution >= 4 is 17.5 Å². The van der Waals surface area contributed by atoms with E-state index in [2.05, 4.69) is 10.6 Å². The second-order valence-corrected chi connectivity index (χ2v) is 6.68. The van der Waals surface area contributed by atoms with Crippen LogP contribution < -0.4 is 24.8 Å². The Labute approximate surface area is 171 Å². The third-order valence-corrected chi connectivity index (χ3v) is 4.32. The Balaban J connectivity index is 2.16. The van der Waals surface area contributed by atoms with Crippen molar-refractivity contribution in [2.24, 2.45) is 5.92 Å². The largest absolute Gasteiger partial charge is 0.496 e. The van der Waals surface area contributed by atoms with Crippen molar-refractivity contribution in [3.8, 4) is 17.2 Å². The Bertz CT molecular complexity index is 851. The van der Waals surface area contributed by atoms with Crippen molar-refractivity contribution in [2.75, 3.05) is 26.1 Å². The third-order valence-electron chi connectivity index (χ3n) is 4.32. The number of carbonyl (C=O) groups excluding carboxylic acids is 2. The monoisotopic (exact) mass is 400 g/mol. The normalized spacial score (nSPS) is 11.5. The minimum Gasteiger partial charge on any atom is -0.496 e. The number of benzene rings is 2. The molecule has 7 nitrogen and oxygen atoms in total. The van der Waals surface area contributed by atoms with E-state index in [-0.39, 0.29) is 17.7 Å². The fraction of sp³-hybridized carbons (Fsp3) is 0.364. The highest BCUT2D eigenvalue weighted by Gasteiger charge is 2.26. The van der Waals surface area contributed by atoms with Crippen molar-refractivity contribution in [1.29, 1.82) is 0 Å². The fourth-order valence-corrected chi connectivity index (χ4v) is 2.83. The van der Waals surface area contributed by atoms with Crippen molar-refractivity contribution in [2.45, 2.75) is 26.8 Å². The Kier molecular flexibility index (Phi) is 7.88. The van der Waals surface area contributed by atoms with Gasteiger partial charge in [0.1, 0.15) is 11.8 Å². The average Bonchev–Trinajstić information content (AvgIpc) is 2.72. The number of nitrogens with one attached hydrogen (secondary N) is 2. The van der Waals surface area contributed by atoms with Crippen molar-refractivity contribution in [3.05, 3.63) is 48.0 Å². The molecular weight excluding hydrogens is 372 g/mol. The molecule has 0 radical (unpaired) electrons. The molecule has 2 amide bonds. The quantitative estimate of drug-likeness (QED) is 0.673. The van der Waals surface area contributed by atoms with Crippen LogP contribution in [0.2, 0.25) is 0 Å². The molecule has 0 unspecified atom stereocenters. The summed E-state index contributed by atoms with van der Waals surface area (Å²) in [5.41, 5.74) is 0.920. The van der Waals surface area contributed by atoms with Crippen LogP contribution in [0, 0.1) is 5.92 Å². The van der Waals surface area contributed by atoms with Gasteiger partial charge in [-0.15, -0.1) is 0 Å². The van der Waals surface area contributed by atoms with Crippen LogP contribution in [0.3, 0.4) is 0 Å². The van der Waals surface area contributed by atoms with E-state index in [1.807, 2.05) is 20.8 Å². The number of hydrogen-bond donors (Lipinski definition) is 2. The molecular formula is C22H28N2O5. The van der Waals surface area contributed by atoms with Gasteiger partial charge in [0.2, 0.25) is 5.91 Å². The Hall–Kier alpha value is -3.22. The van der Waals surface area contributed by atoms with E-state index >= 15 is 0 Å². The van der Waals surface area contributed by atoms with Crippen molar-refractivity contribution < 1.29 is 23.8 Å². The third kappa shape index (κ3) is 5.63. The van der Waals surface area contributed by atoms with Crippen molar-refractivity contribution in [3.63, 3.8) is 0 Å². The molecule has 2 rings (SSSR count). The fourth-order valence-electron chi connectivity index (χ4n) is 2.83. The molecule has 2 N–H and O–H groups in total. The summed E-state index contributed by atoms with van der Waals surface area (Å²) >= 11 is 0. The minimum absolute atomic E-state index is 0.127. The molecule has 1 atom stereocenters. The van der Waals surface area contributed by atoms with E-state index in [1.165, 1.54) is 14.2 Å². The number of para-hydroxylation sites is 1. The lowest BCUT2D eigenvalue weighted by Gasteiger charge is -2.22. The molecule has 2 aromatic rings. The first-order chi connectivity index (χ1) is 13.9. The van der Waals surface area contributed by atoms with Gasteiger partial charge in [0.25, 0.3) is 5.91 Å². The summed E-state index contributed by atoms with van der Waals surface area (Å²) < 4.78 is 16.0. The molecule has 0 fully saturated rings. The second-order valence-electron chi connectivity index (χ2n) is 6.68. The van der Waals surface area contributed by atoms with Gasteiger partial charge < -0.3 is 24.8 Å². The molecule has 0 heterocycles. The predicted molar refractivity (Wildman–Crippen MR) is 112 cm³/mol. The lowest BCUT2D eigenvalue weighted by atomic mass is 10.0. The second kappa shape index (κ2) is 10.4. The molecule has 0 aliphatic heterocycles.